The number of anilines is 2. The summed E-state index contributed by atoms with van der Waals surface area (Å²) in [7, 11) is -3.62. The van der Waals surface area contributed by atoms with Gasteiger partial charge in [0.2, 0.25) is 15.9 Å². The predicted octanol–water partition coefficient (Wildman–Crippen LogP) is 2.81. The average Bonchev–Trinajstić information content (AvgIpc) is 2.70. The van der Waals surface area contributed by atoms with Crippen LogP contribution in [-0.2, 0) is 14.8 Å². The van der Waals surface area contributed by atoms with Crippen molar-refractivity contribution < 1.29 is 13.2 Å². The molecule has 0 bridgehead atoms. The molecule has 2 aromatic rings. The summed E-state index contributed by atoms with van der Waals surface area (Å²) in [6.45, 7) is 8.05. The van der Waals surface area contributed by atoms with Gasteiger partial charge in [0.05, 0.1) is 11.9 Å². The number of rotatable bonds is 5. The van der Waals surface area contributed by atoms with Gasteiger partial charge in [0.1, 0.15) is 6.04 Å². The van der Waals surface area contributed by atoms with E-state index in [0.29, 0.717) is 18.8 Å². The van der Waals surface area contributed by atoms with Crippen LogP contribution in [0.4, 0.5) is 11.4 Å². The van der Waals surface area contributed by atoms with E-state index in [1.807, 2.05) is 50.2 Å². The van der Waals surface area contributed by atoms with E-state index >= 15 is 0 Å². The molecule has 1 amide bonds. The predicted molar refractivity (Wildman–Crippen MR) is 118 cm³/mol. The van der Waals surface area contributed by atoms with E-state index in [9.17, 15) is 13.2 Å². The molecule has 3 rings (SSSR count). The second-order valence-corrected chi connectivity index (χ2v) is 9.53. The number of amides is 1. The molecule has 0 radical (unpaired) electrons. The third kappa shape index (κ3) is 4.72. The Labute approximate surface area is 173 Å². The SMILES string of the molecule is Cc1ccc(C)c(N([C@@H](C)C(=O)N2CCN(c3ccccc3)CC2)S(C)(=O)=O)c1. The van der Waals surface area contributed by atoms with Crippen LogP contribution in [0.25, 0.3) is 0 Å². The lowest BCUT2D eigenvalue weighted by Crippen LogP contribution is -2.55. The third-order valence-electron chi connectivity index (χ3n) is 5.38. The van der Waals surface area contributed by atoms with Crippen molar-refractivity contribution in [2.24, 2.45) is 0 Å². The average molecular weight is 416 g/mol. The molecule has 1 saturated heterocycles. The van der Waals surface area contributed by atoms with Crippen molar-refractivity contribution in [1.29, 1.82) is 0 Å². The standard InChI is InChI=1S/C22H29N3O3S/c1-17-10-11-18(2)21(16-17)25(29(4,27)28)19(3)22(26)24-14-12-23(13-15-24)20-8-6-5-7-9-20/h5-11,16,19H,12-15H2,1-4H3/t19-/m0/s1. The van der Waals surface area contributed by atoms with Crippen molar-refractivity contribution in [3.8, 4) is 0 Å². The van der Waals surface area contributed by atoms with Crippen molar-refractivity contribution in [3.63, 3.8) is 0 Å². The van der Waals surface area contributed by atoms with E-state index in [-0.39, 0.29) is 5.91 Å². The van der Waals surface area contributed by atoms with E-state index in [4.69, 9.17) is 0 Å². The fraction of sp³-hybridized carbons (Fsp3) is 0.409. The second kappa shape index (κ2) is 8.45. The monoisotopic (exact) mass is 415 g/mol. The number of carbonyl (C=O) groups excluding carboxylic acids is 1. The number of para-hydroxylation sites is 1. The maximum Gasteiger partial charge on any atom is 0.246 e. The van der Waals surface area contributed by atoms with Gasteiger partial charge < -0.3 is 9.80 Å². The molecule has 7 heteroatoms. The smallest absolute Gasteiger partial charge is 0.246 e. The van der Waals surface area contributed by atoms with E-state index in [0.717, 1.165) is 36.2 Å². The van der Waals surface area contributed by atoms with E-state index in [2.05, 4.69) is 17.0 Å². The Morgan fingerprint density at radius 1 is 1.00 bits per heavy atom. The van der Waals surface area contributed by atoms with Gasteiger partial charge in [-0.25, -0.2) is 8.42 Å². The van der Waals surface area contributed by atoms with Crippen molar-refractivity contribution in [3.05, 3.63) is 59.7 Å². The lowest BCUT2D eigenvalue weighted by Gasteiger charge is -2.39. The Kier molecular flexibility index (Phi) is 6.17. The molecule has 1 fully saturated rings. The largest absolute Gasteiger partial charge is 0.368 e. The molecule has 0 N–H and O–H groups in total. The van der Waals surface area contributed by atoms with Crippen LogP contribution >= 0.6 is 0 Å². The molecule has 1 heterocycles. The van der Waals surface area contributed by atoms with Gasteiger partial charge >= 0.3 is 0 Å². The first-order valence-electron chi connectivity index (χ1n) is 9.84. The highest BCUT2D eigenvalue weighted by atomic mass is 32.2. The first-order chi connectivity index (χ1) is 13.7. The van der Waals surface area contributed by atoms with Crippen LogP contribution in [0.5, 0.6) is 0 Å². The minimum atomic E-state index is -3.62. The number of piperazine rings is 1. The van der Waals surface area contributed by atoms with Gasteiger partial charge in [-0.1, -0.05) is 30.3 Å². The molecule has 0 unspecified atom stereocenters. The summed E-state index contributed by atoms with van der Waals surface area (Å²) < 4.78 is 26.5. The quantitative estimate of drug-likeness (QED) is 0.753. The molecule has 1 atom stereocenters. The van der Waals surface area contributed by atoms with Crippen LogP contribution in [0.2, 0.25) is 0 Å². The highest BCUT2D eigenvalue weighted by Crippen LogP contribution is 2.27. The lowest BCUT2D eigenvalue weighted by atomic mass is 10.1. The Morgan fingerprint density at radius 2 is 1.62 bits per heavy atom. The summed E-state index contributed by atoms with van der Waals surface area (Å²) in [5.74, 6) is -0.163. The van der Waals surface area contributed by atoms with Gasteiger partial charge in [0, 0.05) is 31.9 Å². The Balaban J connectivity index is 1.78. The number of hydrogen-bond acceptors (Lipinski definition) is 4. The number of nitrogens with zero attached hydrogens (tertiary/aromatic N) is 3. The summed E-state index contributed by atoms with van der Waals surface area (Å²) in [6, 6.07) is 15.0. The minimum absolute atomic E-state index is 0.163. The van der Waals surface area contributed by atoms with Gasteiger partial charge in [0.25, 0.3) is 0 Å². The van der Waals surface area contributed by atoms with Gasteiger partial charge in [-0.2, -0.15) is 0 Å². The Morgan fingerprint density at radius 3 is 2.21 bits per heavy atom. The molecule has 0 aliphatic carbocycles. The molecular weight excluding hydrogens is 386 g/mol. The normalized spacial score (nSPS) is 15.9. The number of benzene rings is 2. The van der Waals surface area contributed by atoms with Crippen molar-refractivity contribution in [1.82, 2.24) is 4.90 Å². The van der Waals surface area contributed by atoms with Gasteiger partial charge in [-0.05, 0) is 50.1 Å². The number of carbonyl (C=O) groups is 1. The van der Waals surface area contributed by atoms with Gasteiger partial charge in [-0.3, -0.25) is 9.10 Å². The van der Waals surface area contributed by atoms with Crippen molar-refractivity contribution >= 4 is 27.3 Å². The van der Waals surface area contributed by atoms with Crippen LogP contribution in [0, 0.1) is 13.8 Å². The summed E-state index contributed by atoms with van der Waals surface area (Å²) in [4.78, 5) is 17.2. The zero-order valence-corrected chi connectivity index (χ0v) is 18.3. The molecule has 0 aromatic heterocycles. The molecular formula is C22H29N3O3S. The summed E-state index contributed by atoms with van der Waals surface area (Å²) in [6.07, 6.45) is 1.16. The van der Waals surface area contributed by atoms with Crippen LogP contribution in [0.15, 0.2) is 48.5 Å². The second-order valence-electron chi connectivity index (χ2n) is 7.67. The van der Waals surface area contributed by atoms with Crippen molar-refractivity contribution in [2.45, 2.75) is 26.8 Å². The van der Waals surface area contributed by atoms with Crippen molar-refractivity contribution in [2.75, 3.05) is 41.6 Å². The van der Waals surface area contributed by atoms with Crippen LogP contribution in [-0.4, -0.2) is 57.7 Å². The first kappa shape index (κ1) is 21.2. The van der Waals surface area contributed by atoms with Gasteiger partial charge in [-0.15, -0.1) is 0 Å². The topological polar surface area (TPSA) is 60.9 Å². The third-order valence-corrected chi connectivity index (χ3v) is 6.61. The first-order valence-corrected chi connectivity index (χ1v) is 11.7. The van der Waals surface area contributed by atoms with Gasteiger partial charge in [0.15, 0.2) is 0 Å². The fourth-order valence-corrected chi connectivity index (χ4v) is 5.04. The molecule has 1 aliphatic rings. The summed E-state index contributed by atoms with van der Waals surface area (Å²) in [5.41, 5.74) is 3.49. The molecule has 156 valence electrons. The zero-order chi connectivity index (χ0) is 21.2. The highest BCUT2D eigenvalue weighted by Gasteiger charge is 2.34. The minimum Gasteiger partial charge on any atom is -0.368 e. The van der Waals surface area contributed by atoms with E-state index in [1.165, 1.54) is 4.31 Å². The molecule has 2 aromatic carbocycles. The van der Waals surface area contributed by atoms with Crippen LogP contribution < -0.4 is 9.21 Å². The molecule has 1 aliphatic heterocycles. The lowest BCUT2D eigenvalue weighted by molar-refractivity contribution is -0.132. The summed E-state index contributed by atoms with van der Waals surface area (Å²) >= 11 is 0. The number of aryl methyl sites for hydroxylation is 2. The Hall–Kier alpha value is -2.54. The molecule has 29 heavy (non-hydrogen) atoms. The van der Waals surface area contributed by atoms with Crippen LogP contribution in [0.3, 0.4) is 0 Å². The van der Waals surface area contributed by atoms with E-state index in [1.54, 1.807) is 11.8 Å². The maximum absolute atomic E-state index is 13.2. The summed E-state index contributed by atoms with van der Waals surface area (Å²) in [5, 5.41) is 0. The van der Waals surface area contributed by atoms with E-state index < -0.39 is 16.1 Å². The Bertz CT molecular complexity index is 968. The fourth-order valence-electron chi connectivity index (χ4n) is 3.82. The zero-order valence-electron chi connectivity index (χ0n) is 17.5. The number of hydrogen-bond donors (Lipinski definition) is 0. The van der Waals surface area contributed by atoms with Crippen LogP contribution in [0.1, 0.15) is 18.1 Å². The maximum atomic E-state index is 13.2. The molecule has 6 nitrogen and oxygen atoms in total. The molecule has 0 spiro atoms. The molecule has 0 saturated carbocycles. The number of sulfonamides is 1. The highest BCUT2D eigenvalue weighted by molar-refractivity contribution is 7.92.